The van der Waals surface area contributed by atoms with Gasteiger partial charge in [0.1, 0.15) is 0 Å². The second-order valence-electron chi connectivity index (χ2n) is 3.98. The fraction of sp³-hybridized carbons (Fsp3) is 0.889. The lowest BCUT2D eigenvalue weighted by Crippen LogP contribution is -2.35. The summed E-state index contributed by atoms with van der Waals surface area (Å²) in [6.45, 7) is 2.34. The molecule has 0 aliphatic heterocycles. The number of hydrogen-bond donors (Lipinski definition) is 2. The van der Waals surface area contributed by atoms with Crippen LogP contribution in [0.25, 0.3) is 0 Å². The third kappa shape index (κ3) is 3.79. The molecule has 1 aliphatic carbocycles. The zero-order valence-electron chi connectivity index (χ0n) is 8.90. The van der Waals surface area contributed by atoms with Gasteiger partial charge in [0, 0.05) is 6.42 Å². The van der Waals surface area contributed by atoms with E-state index in [2.05, 4.69) is 4.72 Å². The van der Waals surface area contributed by atoms with Gasteiger partial charge in [-0.25, -0.2) is 8.42 Å². The summed E-state index contributed by atoms with van der Waals surface area (Å²) >= 11 is 0. The number of sulfonamides is 1. The predicted octanol–water partition coefficient (Wildman–Crippen LogP) is -0.0302. The van der Waals surface area contributed by atoms with Crippen molar-refractivity contribution in [1.29, 1.82) is 0 Å². The highest BCUT2D eigenvalue weighted by Crippen LogP contribution is 2.27. The number of carbonyl (C=O) groups is 1. The fourth-order valence-electron chi connectivity index (χ4n) is 1.32. The molecule has 0 saturated heterocycles. The van der Waals surface area contributed by atoms with Crippen molar-refractivity contribution in [2.24, 2.45) is 11.7 Å². The summed E-state index contributed by atoms with van der Waals surface area (Å²) in [6.07, 6.45) is 2.31. The molecule has 0 spiro atoms. The molecule has 1 fully saturated rings. The van der Waals surface area contributed by atoms with Crippen molar-refractivity contribution in [1.82, 2.24) is 4.72 Å². The first kappa shape index (κ1) is 12.4. The van der Waals surface area contributed by atoms with Gasteiger partial charge in [0.25, 0.3) is 0 Å². The van der Waals surface area contributed by atoms with E-state index in [1.54, 1.807) is 0 Å². The SMILES string of the molecule is CCC(CN)CC(=O)NS(=O)(=O)C1CC1. The van der Waals surface area contributed by atoms with Gasteiger partial charge in [0.15, 0.2) is 0 Å². The molecule has 1 atom stereocenters. The first-order chi connectivity index (χ1) is 6.99. The summed E-state index contributed by atoms with van der Waals surface area (Å²) < 4.78 is 24.9. The maximum atomic E-state index is 11.4. The summed E-state index contributed by atoms with van der Waals surface area (Å²) in [4.78, 5) is 11.4. The van der Waals surface area contributed by atoms with Crippen LogP contribution >= 0.6 is 0 Å². The number of rotatable bonds is 6. The second kappa shape index (κ2) is 4.94. The minimum Gasteiger partial charge on any atom is -0.330 e. The zero-order valence-corrected chi connectivity index (χ0v) is 9.72. The fourth-order valence-corrected chi connectivity index (χ4v) is 2.64. The van der Waals surface area contributed by atoms with Crippen LogP contribution in [0.3, 0.4) is 0 Å². The summed E-state index contributed by atoms with van der Waals surface area (Å²) in [5, 5.41) is -0.348. The van der Waals surface area contributed by atoms with Crippen molar-refractivity contribution in [2.75, 3.05) is 6.54 Å². The molecule has 88 valence electrons. The Labute approximate surface area is 90.5 Å². The average Bonchev–Trinajstić information content (AvgIpc) is 2.96. The third-order valence-corrected chi connectivity index (χ3v) is 4.47. The Morgan fingerprint density at radius 1 is 1.53 bits per heavy atom. The molecule has 1 amide bonds. The monoisotopic (exact) mass is 234 g/mol. The summed E-state index contributed by atoms with van der Waals surface area (Å²) in [7, 11) is -3.39. The largest absolute Gasteiger partial charge is 0.330 e. The lowest BCUT2D eigenvalue weighted by atomic mass is 10.0. The Bertz CT molecular complexity index is 318. The van der Waals surface area contributed by atoms with Crippen LogP contribution in [0.5, 0.6) is 0 Å². The molecule has 15 heavy (non-hydrogen) atoms. The van der Waals surface area contributed by atoms with E-state index in [4.69, 9.17) is 5.73 Å². The number of hydrogen-bond acceptors (Lipinski definition) is 4. The molecule has 1 saturated carbocycles. The van der Waals surface area contributed by atoms with Gasteiger partial charge in [0.05, 0.1) is 5.25 Å². The van der Waals surface area contributed by atoms with Crippen molar-refractivity contribution >= 4 is 15.9 Å². The smallest absolute Gasteiger partial charge is 0.237 e. The molecule has 0 aromatic carbocycles. The van der Waals surface area contributed by atoms with Gasteiger partial charge in [-0.15, -0.1) is 0 Å². The molecule has 0 heterocycles. The van der Waals surface area contributed by atoms with Gasteiger partial charge in [-0.1, -0.05) is 13.3 Å². The van der Waals surface area contributed by atoms with Gasteiger partial charge >= 0.3 is 0 Å². The molecule has 1 rings (SSSR count). The summed E-state index contributed by atoms with van der Waals surface area (Å²) in [5.74, 6) is -0.362. The predicted molar refractivity (Wildman–Crippen MR) is 57.5 cm³/mol. The van der Waals surface area contributed by atoms with Crippen LogP contribution in [0.2, 0.25) is 0 Å². The van der Waals surface area contributed by atoms with Crippen molar-refractivity contribution in [3.8, 4) is 0 Å². The summed E-state index contributed by atoms with van der Waals surface area (Å²) in [6, 6.07) is 0. The summed E-state index contributed by atoms with van der Waals surface area (Å²) in [5.41, 5.74) is 5.44. The maximum absolute atomic E-state index is 11.4. The van der Waals surface area contributed by atoms with Gasteiger partial charge in [-0.3, -0.25) is 9.52 Å². The standard InChI is InChI=1S/C9H18N2O3S/c1-2-7(6-10)5-9(12)11-15(13,14)8-3-4-8/h7-8H,2-6,10H2,1H3,(H,11,12). The highest BCUT2D eigenvalue weighted by molar-refractivity contribution is 7.90. The molecule has 0 aromatic heterocycles. The Hall–Kier alpha value is -0.620. The first-order valence-electron chi connectivity index (χ1n) is 5.24. The Morgan fingerprint density at radius 3 is 2.53 bits per heavy atom. The molecule has 1 unspecified atom stereocenters. The number of nitrogens with two attached hydrogens (primary N) is 1. The minimum atomic E-state index is -3.39. The van der Waals surface area contributed by atoms with Crippen LogP contribution in [0, 0.1) is 5.92 Å². The van der Waals surface area contributed by atoms with Crippen LogP contribution in [-0.2, 0) is 14.8 Å². The Balaban J connectivity index is 2.41. The average molecular weight is 234 g/mol. The van der Waals surface area contributed by atoms with Crippen molar-refractivity contribution in [2.45, 2.75) is 37.9 Å². The zero-order chi connectivity index (χ0) is 11.5. The molecule has 0 aromatic rings. The van der Waals surface area contributed by atoms with Crippen molar-refractivity contribution < 1.29 is 13.2 Å². The molecule has 1 aliphatic rings. The number of nitrogens with one attached hydrogen (secondary N) is 1. The maximum Gasteiger partial charge on any atom is 0.237 e. The quantitative estimate of drug-likeness (QED) is 0.675. The van der Waals surface area contributed by atoms with E-state index in [0.717, 1.165) is 6.42 Å². The van der Waals surface area contributed by atoms with E-state index in [-0.39, 0.29) is 17.6 Å². The molecule has 6 heteroatoms. The van der Waals surface area contributed by atoms with Crippen LogP contribution < -0.4 is 10.5 Å². The lowest BCUT2D eigenvalue weighted by Gasteiger charge is -2.11. The van der Waals surface area contributed by atoms with E-state index in [9.17, 15) is 13.2 Å². The van der Waals surface area contributed by atoms with Crippen LogP contribution in [0.4, 0.5) is 0 Å². The van der Waals surface area contributed by atoms with Gasteiger partial charge in [-0.05, 0) is 25.3 Å². The molecule has 5 nitrogen and oxygen atoms in total. The van der Waals surface area contributed by atoms with Gasteiger partial charge in [0.2, 0.25) is 15.9 Å². The minimum absolute atomic E-state index is 0.0689. The van der Waals surface area contributed by atoms with Gasteiger partial charge in [-0.2, -0.15) is 0 Å². The second-order valence-corrected chi connectivity index (χ2v) is 5.94. The third-order valence-electron chi connectivity index (χ3n) is 2.60. The number of amides is 1. The Kier molecular flexibility index (Phi) is 4.10. The highest BCUT2D eigenvalue weighted by Gasteiger charge is 2.36. The molecule has 3 N–H and O–H groups in total. The van der Waals surface area contributed by atoms with Crippen molar-refractivity contribution in [3.05, 3.63) is 0 Å². The van der Waals surface area contributed by atoms with E-state index in [0.29, 0.717) is 19.4 Å². The highest BCUT2D eigenvalue weighted by atomic mass is 32.2. The van der Waals surface area contributed by atoms with Crippen LogP contribution in [0.15, 0.2) is 0 Å². The number of carbonyl (C=O) groups excluding carboxylic acids is 1. The van der Waals surface area contributed by atoms with E-state index in [1.807, 2.05) is 6.92 Å². The molecular weight excluding hydrogens is 216 g/mol. The van der Waals surface area contributed by atoms with Crippen molar-refractivity contribution in [3.63, 3.8) is 0 Å². The molecule has 0 radical (unpaired) electrons. The van der Waals surface area contributed by atoms with E-state index in [1.165, 1.54) is 0 Å². The van der Waals surface area contributed by atoms with Crippen LogP contribution in [0.1, 0.15) is 32.6 Å². The van der Waals surface area contributed by atoms with E-state index >= 15 is 0 Å². The molecular formula is C9H18N2O3S. The van der Waals surface area contributed by atoms with E-state index < -0.39 is 15.9 Å². The molecule has 0 bridgehead atoms. The first-order valence-corrected chi connectivity index (χ1v) is 6.78. The van der Waals surface area contributed by atoms with Crippen LogP contribution in [-0.4, -0.2) is 26.1 Å². The topological polar surface area (TPSA) is 89.3 Å². The lowest BCUT2D eigenvalue weighted by molar-refractivity contribution is -0.120. The normalized spacial score (nSPS) is 18.5. The van der Waals surface area contributed by atoms with Gasteiger partial charge < -0.3 is 5.73 Å². The Morgan fingerprint density at radius 2 is 2.13 bits per heavy atom.